The summed E-state index contributed by atoms with van der Waals surface area (Å²) in [7, 11) is 0. The Morgan fingerprint density at radius 3 is 2.93 bits per heavy atom. The zero-order chi connectivity index (χ0) is 10.8. The van der Waals surface area contributed by atoms with E-state index in [0.29, 0.717) is 13.0 Å². The fourth-order valence-electron chi connectivity index (χ4n) is 1.38. The third-order valence-corrected chi connectivity index (χ3v) is 3.24. The lowest BCUT2D eigenvalue weighted by Gasteiger charge is -2.09. The SMILES string of the molecule is Cc1ncsc1CCN1C(=O)COC1=O. The molecule has 0 radical (unpaired) electrons. The second-order valence-electron chi connectivity index (χ2n) is 3.21. The largest absolute Gasteiger partial charge is 0.439 e. The summed E-state index contributed by atoms with van der Waals surface area (Å²) in [6.07, 6.45) is 0.110. The minimum absolute atomic E-state index is 0.124. The van der Waals surface area contributed by atoms with Crippen LogP contribution in [0.5, 0.6) is 0 Å². The van der Waals surface area contributed by atoms with Gasteiger partial charge in [-0.05, 0) is 6.92 Å². The summed E-state index contributed by atoms with van der Waals surface area (Å²) in [5.41, 5.74) is 2.72. The molecule has 0 N–H and O–H groups in total. The molecular formula is C9H10N2O3S. The molecule has 1 saturated heterocycles. The van der Waals surface area contributed by atoms with Crippen LogP contribution < -0.4 is 0 Å². The summed E-state index contributed by atoms with van der Waals surface area (Å²) in [5, 5.41) is 0. The Kier molecular flexibility index (Phi) is 2.68. The molecule has 6 heteroatoms. The fraction of sp³-hybridized carbons (Fsp3) is 0.444. The number of hydrogen-bond acceptors (Lipinski definition) is 5. The molecule has 80 valence electrons. The molecule has 0 aliphatic carbocycles. The number of carbonyl (C=O) groups excluding carboxylic acids is 2. The highest BCUT2D eigenvalue weighted by Gasteiger charge is 2.30. The molecule has 5 nitrogen and oxygen atoms in total. The lowest BCUT2D eigenvalue weighted by molar-refractivity contribution is -0.125. The number of rotatable bonds is 3. The molecule has 1 aromatic heterocycles. The molecule has 2 rings (SSSR count). The molecule has 2 amide bonds. The number of imide groups is 1. The smallest absolute Gasteiger partial charge is 0.417 e. The third kappa shape index (κ3) is 1.99. The van der Waals surface area contributed by atoms with Gasteiger partial charge >= 0.3 is 6.09 Å². The van der Waals surface area contributed by atoms with E-state index >= 15 is 0 Å². The second-order valence-corrected chi connectivity index (χ2v) is 4.15. The molecule has 0 aromatic carbocycles. The molecule has 1 aromatic rings. The van der Waals surface area contributed by atoms with Crippen molar-refractivity contribution in [1.29, 1.82) is 0 Å². The predicted molar refractivity (Wildman–Crippen MR) is 53.6 cm³/mol. The number of aromatic nitrogens is 1. The summed E-state index contributed by atoms with van der Waals surface area (Å²) in [5.74, 6) is -0.262. The van der Waals surface area contributed by atoms with Crippen molar-refractivity contribution in [3.8, 4) is 0 Å². The van der Waals surface area contributed by atoms with Gasteiger partial charge in [0.2, 0.25) is 0 Å². The van der Waals surface area contributed by atoms with Crippen LogP contribution in [0.3, 0.4) is 0 Å². The van der Waals surface area contributed by atoms with Gasteiger partial charge in [0.25, 0.3) is 5.91 Å². The summed E-state index contributed by atoms with van der Waals surface area (Å²) in [6.45, 7) is 2.16. The number of amides is 2. The van der Waals surface area contributed by atoms with Crippen LogP contribution in [0.15, 0.2) is 5.51 Å². The Bertz CT molecular complexity index is 386. The third-order valence-electron chi connectivity index (χ3n) is 2.25. The van der Waals surface area contributed by atoms with Crippen LogP contribution >= 0.6 is 11.3 Å². The van der Waals surface area contributed by atoms with Crippen LogP contribution in [0, 0.1) is 6.92 Å². The van der Waals surface area contributed by atoms with Crippen molar-refractivity contribution in [2.24, 2.45) is 0 Å². The molecule has 1 fully saturated rings. The molecule has 1 aliphatic rings. The van der Waals surface area contributed by atoms with Gasteiger partial charge in [-0.3, -0.25) is 4.79 Å². The summed E-state index contributed by atoms with van der Waals surface area (Å²) >= 11 is 1.53. The van der Waals surface area contributed by atoms with Crippen LogP contribution in [0.2, 0.25) is 0 Å². The quantitative estimate of drug-likeness (QED) is 0.770. The minimum Gasteiger partial charge on any atom is -0.439 e. The van der Waals surface area contributed by atoms with Gasteiger partial charge in [0, 0.05) is 17.8 Å². The average Bonchev–Trinajstić information content (AvgIpc) is 2.73. The standard InChI is InChI=1S/C9H10N2O3S/c1-6-7(15-5-10-6)2-3-11-8(12)4-14-9(11)13/h5H,2-4H2,1H3. The molecule has 0 bridgehead atoms. The van der Waals surface area contributed by atoms with Gasteiger partial charge in [0.05, 0.1) is 11.2 Å². The Morgan fingerprint density at radius 1 is 1.60 bits per heavy atom. The van der Waals surface area contributed by atoms with Gasteiger partial charge in [-0.15, -0.1) is 11.3 Å². The molecule has 15 heavy (non-hydrogen) atoms. The monoisotopic (exact) mass is 226 g/mol. The van der Waals surface area contributed by atoms with Crippen LogP contribution in [0.1, 0.15) is 10.6 Å². The first-order valence-corrected chi connectivity index (χ1v) is 5.42. The fourth-order valence-corrected chi connectivity index (χ4v) is 2.15. The first kappa shape index (κ1) is 10.1. The lowest BCUT2D eigenvalue weighted by Crippen LogP contribution is -2.31. The van der Waals surface area contributed by atoms with E-state index < -0.39 is 6.09 Å². The number of hydrogen-bond donors (Lipinski definition) is 0. The maximum absolute atomic E-state index is 11.2. The van der Waals surface area contributed by atoms with Gasteiger partial charge in [-0.2, -0.15) is 0 Å². The van der Waals surface area contributed by atoms with Crippen LogP contribution in [-0.2, 0) is 16.0 Å². The zero-order valence-electron chi connectivity index (χ0n) is 8.23. The van der Waals surface area contributed by atoms with Crippen molar-refractivity contribution in [2.75, 3.05) is 13.2 Å². The Morgan fingerprint density at radius 2 is 2.40 bits per heavy atom. The maximum atomic E-state index is 11.2. The van der Waals surface area contributed by atoms with Crippen molar-refractivity contribution in [1.82, 2.24) is 9.88 Å². The van der Waals surface area contributed by atoms with Crippen molar-refractivity contribution < 1.29 is 14.3 Å². The number of aryl methyl sites for hydroxylation is 1. The normalized spacial score (nSPS) is 15.9. The maximum Gasteiger partial charge on any atom is 0.417 e. The zero-order valence-corrected chi connectivity index (χ0v) is 9.04. The van der Waals surface area contributed by atoms with E-state index in [0.717, 1.165) is 15.5 Å². The van der Waals surface area contributed by atoms with Crippen LogP contribution in [0.25, 0.3) is 0 Å². The van der Waals surface area contributed by atoms with Gasteiger partial charge in [-0.25, -0.2) is 14.7 Å². The van der Waals surface area contributed by atoms with Crippen molar-refractivity contribution in [3.05, 3.63) is 16.1 Å². The number of ether oxygens (including phenoxy) is 1. The van der Waals surface area contributed by atoms with Gasteiger partial charge in [0.1, 0.15) is 0 Å². The van der Waals surface area contributed by atoms with E-state index in [2.05, 4.69) is 9.72 Å². The van der Waals surface area contributed by atoms with Crippen molar-refractivity contribution in [3.63, 3.8) is 0 Å². The number of cyclic esters (lactones) is 1. The average molecular weight is 226 g/mol. The molecular weight excluding hydrogens is 216 g/mol. The molecule has 0 saturated carbocycles. The van der Waals surface area contributed by atoms with E-state index in [1.807, 2.05) is 6.92 Å². The van der Waals surface area contributed by atoms with E-state index in [-0.39, 0.29) is 12.5 Å². The Balaban J connectivity index is 1.96. The summed E-state index contributed by atoms with van der Waals surface area (Å²) in [4.78, 5) is 28.6. The van der Waals surface area contributed by atoms with Gasteiger partial charge in [-0.1, -0.05) is 0 Å². The number of thiazole rings is 1. The van der Waals surface area contributed by atoms with Gasteiger partial charge in [0.15, 0.2) is 6.61 Å². The molecule has 0 spiro atoms. The second kappa shape index (κ2) is 3.98. The van der Waals surface area contributed by atoms with Crippen molar-refractivity contribution >= 4 is 23.3 Å². The van der Waals surface area contributed by atoms with E-state index in [1.54, 1.807) is 5.51 Å². The predicted octanol–water partition coefficient (Wildman–Crippen LogP) is 0.973. The van der Waals surface area contributed by atoms with Crippen molar-refractivity contribution in [2.45, 2.75) is 13.3 Å². The number of nitrogens with zero attached hydrogens (tertiary/aromatic N) is 2. The molecule has 1 aliphatic heterocycles. The summed E-state index contributed by atoms with van der Waals surface area (Å²) < 4.78 is 4.60. The topological polar surface area (TPSA) is 59.5 Å². The van der Waals surface area contributed by atoms with E-state index in [1.165, 1.54) is 11.3 Å². The first-order chi connectivity index (χ1) is 7.18. The van der Waals surface area contributed by atoms with Crippen LogP contribution in [0.4, 0.5) is 4.79 Å². The number of carbonyl (C=O) groups is 2. The molecule has 2 heterocycles. The lowest BCUT2D eigenvalue weighted by atomic mass is 10.3. The molecule has 0 atom stereocenters. The molecule has 0 unspecified atom stereocenters. The summed E-state index contributed by atoms with van der Waals surface area (Å²) in [6, 6.07) is 0. The Hall–Kier alpha value is -1.43. The Labute approximate surface area is 90.7 Å². The highest BCUT2D eigenvalue weighted by molar-refractivity contribution is 7.09. The van der Waals surface area contributed by atoms with Crippen LogP contribution in [-0.4, -0.2) is 35.0 Å². The van der Waals surface area contributed by atoms with Gasteiger partial charge < -0.3 is 4.74 Å². The minimum atomic E-state index is -0.540. The highest BCUT2D eigenvalue weighted by Crippen LogP contribution is 2.14. The highest BCUT2D eigenvalue weighted by atomic mass is 32.1. The van der Waals surface area contributed by atoms with E-state index in [9.17, 15) is 9.59 Å². The first-order valence-electron chi connectivity index (χ1n) is 4.54. The van der Waals surface area contributed by atoms with E-state index in [4.69, 9.17) is 0 Å².